The third kappa shape index (κ3) is 4.37. The van der Waals surface area contributed by atoms with Crippen molar-refractivity contribution in [3.05, 3.63) is 81.8 Å². The molecule has 1 N–H and O–H groups in total. The summed E-state index contributed by atoms with van der Waals surface area (Å²) in [6, 6.07) is 20.3. The molecule has 0 bridgehead atoms. The number of halogens is 1. The van der Waals surface area contributed by atoms with E-state index in [1.54, 1.807) is 0 Å². The molecule has 3 aromatic rings. The van der Waals surface area contributed by atoms with Gasteiger partial charge in [0.1, 0.15) is 12.4 Å². The van der Waals surface area contributed by atoms with Crippen molar-refractivity contribution in [3.8, 4) is 17.2 Å². The molecule has 0 atom stereocenters. The number of rotatable bonds is 6. The lowest BCUT2D eigenvalue weighted by molar-refractivity contribution is 0.174. The van der Waals surface area contributed by atoms with Crippen LogP contribution >= 0.6 is 15.9 Å². The smallest absolute Gasteiger partial charge is 0.231 e. The van der Waals surface area contributed by atoms with E-state index in [1.165, 1.54) is 5.56 Å². The van der Waals surface area contributed by atoms with Crippen LogP contribution < -0.4 is 19.5 Å². The number of hydrogen-bond acceptors (Lipinski definition) is 4. The summed E-state index contributed by atoms with van der Waals surface area (Å²) in [6.07, 6.45) is 0. The van der Waals surface area contributed by atoms with Crippen molar-refractivity contribution in [2.75, 3.05) is 12.1 Å². The van der Waals surface area contributed by atoms with Gasteiger partial charge in [-0.2, -0.15) is 0 Å². The van der Waals surface area contributed by atoms with Crippen LogP contribution in [-0.4, -0.2) is 6.79 Å². The topological polar surface area (TPSA) is 39.7 Å². The monoisotopic (exact) mass is 425 g/mol. The molecule has 0 aromatic heterocycles. The van der Waals surface area contributed by atoms with Gasteiger partial charge in [-0.05, 0) is 42.8 Å². The minimum absolute atomic E-state index is 0.279. The second-order valence-corrected chi connectivity index (χ2v) is 7.37. The van der Waals surface area contributed by atoms with Gasteiger partial charge in [-0.15, -0.1) is 0 Å². The van der Waals surface area contributed by atoms with E-state index in [2.05, 4.69) is 58.5 Å². The van der Waals surface area contributed by atoms with E-state index < -0.39 is 0 Å². The number of ether oxygens (including phenoxy) is 3. The minimum Gasteiger partial charge on any atom is -0.489 e. The molecule has 0 spiro atoms. The first-order valence-electron chi connectivity index (χ1n) is 8.78. The number of benzene rings is 3. The third-order valence-corrected chi connectivity index (χ3v) is 4.85. The largest absolute Gasteiger partial charge is 0.489 e. The molecule has 4 rings (SSSR count). The van der Waals surface area contributed by atoms with Crippen molar-refractivity contribution in [1.82, 2.24) is 0 Å². The summed E-state index contributed by atoms with van der Waals surface area (Å²) in [5, 5.41) is 3.43. The molecule has 1 aliphatic rings. The molecule has 0 aliphatic carbocycles. The van der Waals surface area contributed by atoms with Crippen LogP contribution in [0.2, 0.25) is 0 Å². The maximum Gasteiger partial charge on any atom is 0.231 e. The van der Waals surface area contributed by atoms with Crippen molar-refractivity contribution in [1.29, 1.82) is 0 Å². The number of anilines is 1. The molecule has 0 saturated carbocycles. The molecule has 0 fully saturated rings. The van der Waals surface area contributed by atoms with Crippen molar-refractivity contribution in [3.63, 3.8) is 0 Å². The van der Waals surface area contributed by atoms with Gasteiger partial charge in [0.15, 0.2) is 11.5 Å². The zero-order valence-electron chi connectivity index (χ0n) is 15.0. The zero-order chi connectivity index (χ0) is 18.6. The van der Waals surface area contributed by atoms with Gasteiger partial charge < -0.3 is 19.5 Å². The second-order valence-electron chi connectivity index (χ2n) is 6.45. The summed E-state index contributed by atoms with van der Waals surface area (Å²) in [5.74, 6) is 2.42. The fourth-order valence-electron chi connectivity index (χ4n) is 2.99. The van der Waals surface area contributed by atoms with Crippen LogP contribution in [0.25, 0.3) is 0 Å². The van der Waals surface area contributed by atoms with Gasteiger partial charge >= 0.3 is 0 Å². The van der Waals surface area contributed by atoms with Crippen LogP contribution in [0.5, 0.6) is 17.2 Å². The Morgan fingerprint density at radius 3 is 2.78 bits per heavy atom. The first kappa shape index (κ1) is 17.7. The highest BCUT2D eigenvalue weighted by Crippen LogP contribution is 2.34. The van der Waals surface area contributed by atoms with E-state index in [9.17, 15) is 0 Å². The lowest BCUT2D eigenvalue weighted by Crippen LogP contribution is -2.04. The summed E-state index contributed by atoms with van der Waals surface area (Å²) in [6.45, 7) is 3.55. The molecule has 0 saturated heterocycles. The van der Waals surface area contributed by atoms with Crippen LogP contribution in [0.15, 0.2) is 65.1 Å². The SMILES string of the molecule is Cc1cccc(COc2ccc(Br)cc2CNc2ccc3c(c2)OCO3)c1. The Labute approximate surface area is 167 Å². The predicted molar refractivity (Wildman–Crippen MR) is 110 cm³/mol. The van der Waals surface area contributed by atoms with Gasteiger partial charge in [0.05, 0.1) is 0 Å². The van der Waals surface area contributed by atoms with Gasteiger partial charge in [-0.25, -0.2) is 0 Å². The summed E-state index contributed by atoms with van der Waals surface area (Å²) in [7, 11) is 0. The Hall–Kier alpha value is -2.66. The molecule has 0 radical (unpaired) electrons. The highest BCUT2D eigenvalue weighted by Gasteiger charge is 2.13. The van der Waals surface area contributed by atoms with Gasteiger partial charge in [-0.1, -0.05) is 45.8 Å². The summed E-state index contributed by atoms with van der Waals surface area (Å²) >= 11 is 3.55. The van der Waals surface area contributed by atoms with Crippen molar-refractivity contribution in [2.45, 2.75) is 20.1 Å². The lowest BCUT2D eigenvalue weighted by atomic mass is 10.1. The summed E-state index contributed by atoms with van der Waals surface area (Å²) in [5.41, 5.74) is 4.45. The van der Waals surface area contributed by atoms with Crippen molar-refractivity contribution >= 4 is 21.6 Å². The Bertz CT molecular complexity index is 958. The van der Waals surface area contributed by atoms with Crippen LogP contribution in [0.4, 0.5) is 5.69 Å². The standard InChI is InChI=1S/C22H20BrNO3/c1-15-3-2-4-16(9-15)13-25-20-7-5-18(23)10-17(20)12-24-19-6-8-21-22(11-19)27-14-26-21/h2-11,24H,12-14H2,1H3. The number of hydrogen-bond donors (Lipinski definition) is 1. The number of aryl methyl sites for hydroxylation is 1. The minimum atomic E-state index is 0.279. The van der Waals surface area contributed by atoms with Crippen LogP contribution in [0, 0.1) is 6.92 Å². The first-order chi connectivity index (χ1) is 13.2. The molecule has 1 heterocycles. The van der Waals surface area contributed by atoms with Crippen LogP contribution in [-0.2, 0) is 13.2 Å². The maximum atomic E-state index is 6.09. The Balaban J connectivity index is 1.46. The summed E-state index contributed by atoms with van der Waals surface area (Å²) < 4.78 is 17.9. The van der Waals surface area contributed by atoms with Crippen molar-refractivity contribution < 1.29 is 14.2 Å². The van der Waals surface area contributed by atoms with Gasteiger partial charge in [-0.3, -0.25) is 0 Å². The average molecular weight is 426 g/mol. The molecule has 0 unspecified atom stereocenters. The van der Waals surface area contributed by atoms with Crippen molar-refractivity contribution in [2.24, 2.45) is 0 Å². The normalized spacial score (nSPS) is 12.1. The highest BCUT2D eigenvalue weighted by atomic mass is 79.9. The fourth-order valence-corrected chi connectivity index (χ4v) is 3.40. The van der Waals surface area contributed by atoms with E-state index in [4.69, 9.17) is 14.2 Å². The average Bonchev–Trinajstić information content (AvgIpc) is 3.13. The van der Waals surface area contributed by atoms with Gasteiger partial charge in [0, 0.05) is 28.3 Å². The Morgan fingerprint density at radius 1 is 1.00 bits per heavy atom. The van der Waals surface area contributed by atoms with Gasteiger partial charge in [0.2, 0.25) is 6.79 Å². The second kappa shape index (κ2) is 7.92. The molecule has 3 aromatic carbocycles. The Morgan fingerprint density at radius 2 is 1.89 bits per heavy atom. The quantitative estimate of drug-likeness (QED) is 0.551. The molecule has 1 aliphatic heterocycles. The predicted octanol–water partition coefficient (Wildman–Crippen LogP) is 5.68. The Kier molecular flexibility index (Phi) is 5.21. The van der Waals surface area contributed by atoms with Crippen LogP contribution in [0.3, 0.4) is 0 Å². The molecular formula is C22H20BrNO3. The van der Waals surface area contributed by atoms with E-state index in [0.717, 1.165) is 38.5 Å². The molecule has 5 heteroatoms. The van der Waals surface area contributed by atoms with Crippen LogP contribution in [0.1, 0.15) is 16.7 Å². The number of fused-ring (bicyclic) bond motifs is 1. The maximum absolute atomic E-state index is 6.09. The molecule has 4 nitrogen and oxygen atoms in total. The fraction of sp³-hybridized carbons (Fsp3) is 0.182. The lowest BCUT2D eigenvalue weighted by Gasteiger charge is -2.14. The third-order valence-electron chi connectivity index (χ3n) is 4.35. The zero-order valence-corrected chi connectivity index (χ0v) is 16.6. The highest BCUT2D eigenvalue weighted by molar-refractivity contribution is 9.10. The number of nitrogens with one attached hydrogen (secondary N) is 1. The molecular weight excluding hydrogens is 406 g/mol. The van der Waals surface area contributed by atoms with E-state index in [1.807, 2.05) is 30.3 Å². The molecule has 27 heavy (non-hydrogen) atoms. The molecule has 138 valence electrons. The van der Waals surface area contributed by atoms with E-state index in [0.29, 0.717) is 13.2 Å². The van der Waals surface area contributed by atoms with E-state index >= 15 is 0 Å². The molecule has 0 amide bonds. The van der Waals surface area contributed by atoms with Gasteiger partial charge in [0.25, 0.3) is 0 Å². The van der Waals surface area contributed by atoms with E-state index in [-0.39, 0.29) is 6.79 Å². The first-order valence-corrected chi connectivity index (χ1v) is 9.57. The summed E-state index contributed by atoms with van der Waals surface area (Å²) in [4.78, 5) is 0.